The molecule has 1 unspecified atom stereocenters. The number of carboxylic acid groups (broad SMARTS) is 1. The maximum absolute atomic E-state index is 13.6. The first-order valence-electron chi connectivity index (χ1n) is 5.28. The lowest BCUT2D eigenvalue weighted by Gasteiger charge is -2.12. The zero-order valence-electron chi connectivity index (χ0n) is 9.48. The summed E-state index contributed by atoms with van der Waals surface area (Å²) in [7, 11) is 0. The van der Waals surface area contributed by atoms with Crippen LogP contribution in [0.1, 0.15) is 23.7 Å². The summed E-state index contributed by atoms with van der Waals surface area (Å²) in [5.74, 6) is -2.11. The molecule has 0 aromatic carbocycles. The van der Waals surface area contributed by atoms with Crippen molar-refractivity contribution in [3.8, 4) is 0 Å². The van der Waals surface area contributed by atoms with Crippen molar-refractivity contribution in [1.29, 1.82) is 0 Å². The van der Waals surface area contributed by atoms with E-state index in [0.29, 0.717) is 13.0 Å². The number of pyridine rings is 1. The Hall–Kier alpha value is -1.69. The Morgan fingerprint density at radius 1 is 1.65 bits per heavy atom. The van der Waals surface area contributed by atoms with Crippen LogP contribution in [0, 0.1) is 11.7 Å². The summed E-state index contributed by atoms with van der Waals surface area (Å²) in [5, 5.41) is 20.2. The monoisotopic (exact) mass is 242 g/mol. The van der Waals surface area contributed by atoms with Crippen LogP contribution in [0.2, 0.25) is 0 Å². The molecule has 1 heterocycles. The Morgan fingerprint density at radius 3 is 2.94 bits per heavy atom. The molecule has 0 fully saturated rings. The molecule has 94 valence electrons. The summed E-state index contributed by atoms with van der Waals surface area (Å²) in [6, 6.07) is 1.11. The van der Waals surface area contributed by atoms with E-state index in [9.17, 15) is 9.18 Å². The standard InChI is InChI=1S/C11H15FN2O3/c1-7(3-5-15)6-14-10-9(12)8(11(16)17)2-4-13-10/h2,4,7,15H,3,5-6H2,1H3,(H,13,14)(H,16,17). The molecule has 0 spiro atoms. The average Bonchev–Trinajstić information content (AvgIpc) is 2.27. The van der Waals surface area contributed by atoms with Crippen molar-refractivity contribution in [1.82, 2.24) is 4.98 Å². The molecule has 0 aliphatic rings. The van der Waals surface area contributed by atoms with Gasteiger partial charge >= 0.3 is 5.97 Å². The van der Waals surface area contributed by atoms with Crippen molar-refractivity contribution in [2.75, 3.05) is 18.5 Å². The van der Waals surface area contributed by atoms with Gasteiger partial charge in [0.2, 0.25) is 0 Å². The first kappa shape index (κ1) is 13.4. The van der Waals surface area contributed by atoms with E-state index in [1.807, 2.05) is 6.92 Å². The van der Waals surface area contributed by atoms with E-state index >= 15 is 0 Å². The second kappa shape index (κ2) is 6.15. The Bertz CT molecular complexity index is 398. The van der Waals surface area contributed by atoms with E-state index in [0.717, 1.165) is 6.07 Å². The third-order valence-electron chi connectivity index (χ3n) is 2.36. The van der Waals surface area contributed by atoms with Crippen LogP contribution in [0.15, 0.2) is 12.3 Å². The summed E-state index contributed by atoms with van der Waals surface area (Å²) >= 11 is 0. The van der Waals surface area contributed by atoms with Crippen LogP contribution >= 0.6 is 0 Å². The van der Waals surface area contributed by atoms with E-state index in [4.69, 9.17) is 10.2 Å². The second-order valence-corrected chi connectivity index (χ2v) is 3.82. The number of carbonyl (C=O) groups is 1. The van der Waals surface area contributed by atoms with Gasteiger partial charge in [-0.1, -0.05) is 6.92 Å². The summed E-state index contributed by atoms with van der Waals surface area (Å²) < 4.78 is 13.6. The van der Waals surface area contributed by atoms with Gasteiger partial charge in [0.1, 0.15) is 5.56 Å². The summed E-state index contributed by atoms with van der Waals surface area (Å²) in [6.45, 7) is 2.38. The van der Waals surface area contributed by atoms with Gasteiger partial charge < -0.3 is 15.5 Å². The molecule has 1 atom stereocenters. The van der Waals surface area contributed by atoms with Crippen molar-refractivity contribution in [3.05, 3.63) is 23.6 Å². The van der Waals surface area contributed by atoms with Gasteiger partial charge in [-0.2, -0.15) is 0 Å². The van der Waals surface area contributed by atoms with Crippen molar-refractivity contribution in [2.45, 2.75) is 13.3 Å². The minimum absolute atomic E-state index is 0.0634. The number of carboxylic acids is 1. The zero-order valence-corrected chi connectivity index (χ0v) is 9.48. The largest absolute Gasteiger partial charge is 0.478 e. The first-order valence-corrected chi connectivity index (χ1v) is 5.28. The van der Waals surface area contributed by atoms with Crippen molar-refractivity contribution >= 4 is 11.8 Å². The van der Waals surface area contributed by atoms with Gasteiger partial charge in [0, 0.05) is 19.3 Å². The van der Waals surface area contributed by atoms with Crippen LogP contribution in [0.3, 0.4) is 0 Å². The third-order valence-corrected chi connectivity index (χ3v) is 2.36. The zero-order chi connectivity index (χ0) is 12.8. The minimum atomic E-state index is -1.32. The number of halogens is 1. The molecule has 0 saturated heterocycles. The van der Waals surface area contributed by atoms with Gasteiger partial charge in [-0.3, -0.25) is 0 Å². The predicted molar refractivity (Wildman–Crippen MR) is 60.5 cm³/mol. The van der Waals surface area contributed by atoms with E-state index < -0.39 is 17.3 Å². The summed E-state index contributed by atoms with van der Waals surface area (Å²) in [4.78, 5) is 14.4. The Kier molecular flexibility index (Phi) is 4.84. The molecule has 17 heavy (non-hydrogen) atoms. The molecule has 6 heteroatoms. The number of hydrogen-bond donors (Lipinski definition) is 3. The Balaban J connectivity index is 2.72. The summed E-state index contributed by atoms with van der Waals surface area (Å²) in [6.07, 6.45) is 1.83. The van der Waals surface area contributed by atoms with E-state index in [1.165, 1.54) is 6.20 Å². The molecule has 5 nitrogen and oxygen atoms in total. The number of hydrogen-bond acceptors (Lipinski definition) is 4. The number of anilines is 1. The molecule has 3 N–H and O–H groups in total. The lowest BCUT2D eigenvalue weighted by Crippen LogP contribution is -2.15. The van der Waals surface area contributed by atoms with Gasteiger partial charge in [-0.25, -0.2) is 14.2 Å². The summed E-state index contributed by atoms with van der Waals surface area (Å²) in [5.41, 5.74) is -0.405. The number of nitrogens with one attached hydrogen (secondary N) is 1. The Labute approximate surface area is 98.3 Å². The molecule has 0 radical (unpaired) electrons. The fourth-order valence-corrected chi connectivity index (χ4v) is 1.33. The molecule has 0 amide bonds. The smallest absolute Gasteiger partial charge is 0.338 e. The number of nitrogens with zero attached hydrogens (tertiary/aromatic N) is 1. The highest BCUT2D eigenvalue weighted by Gasteiger charge is 2.15. The highest BCUT2D eigenvalue weighted by molar-refractivity contribution is 5.88. The second-order valence-electron chi connectivity index (χ2n) is 3.82. The highest BCUT2D eigenvalue weighted by Crippen LogP contribution is 2.15. The van der Waals surface area contributed by atoms with Crippen LogP contribution in [-0.2, 0) is 0 Å². The molecule has 1 aromatic rings. The quantitative estimate of drug-likeness (QED) is 0.701. The van der Waals surface area contributed by atoms with Crippen LogP contribution in [-0.4, -0.2) is 34.3 Å². The third kappa shape index (κ3) is 3.67. The topological polar surface area (TPSA) is 82.5 Å². The molecule has 0 aliphatic heterocycles. The van der Waals surface area contributed by atoms with E-state index in [2.05, 4.69) is 10.3 Å². The van der Waals surface area contributed by atoms with Gasteiger partial charge in [-0.05, 0) is 18.4 Å². The fraction of sp³-hybridized carbons (Fsp3) is 0.455. The number of aromatic nitrogens is 1. The fourth-order valence-electron chi connectivity index (χ4n) is 1.33. The average molecular weight is 242 g/mol. The molecular weight excluding hydrogens is 227 g/mol. The van der Waals surface area contributed by atoms with Crippen LogP contribution in [0.25, 0.3) is 0 Å². The molecular formula is C11H15FN2O3. The number of aliphatic hydroxyl groups is 1. The van der Waals surface area contributed by atoms with Gasteiger partial charge in [-0.15, -0.1) is 0 Å². The molecule has 0 saturated carbocycles. The van der Waals surface area contributed by atoms with Crippen LogP contribution in [0.4, 0.5) is 10.2 Å². The molecule has 1 aromatic heterocycles. The van der Waals surface area contributed by atoms with Gasteiger partial charge in [0.15, 0.2) is 11.6 Å². The van der Waals surface area contributed by atoms with Crippen molar-refractivity contribution in [3.63, 3.8) is 0 Å². The normalized spacial score (nSPS) is 12.2. The number of rotatable bonds is 6. The minimum Gasteiger partial charge on any atom is -0.478 e. The lowest BCUT2D eigenvalue weighted by atomic mass is 10.1. The van der Waals surface area contributed by atoms with Crippen molar-refractivity contribution in [2.24, 2.45) is 5.92 Å². The Morgan fingerprint density at radius 2 is 2.35 bits per heavy atom. The van der Waals surface area contributed by atoms with Crippen LogP contribution in [0.5, 0.6) is 0 Å². The maximum Gasteiger partial charge on any atom is 0.338 e. The first-order chi connectivity index (χ1) is 8.06. The number of aliphatic hydroxyl groups excluding tert-OH is 1. The molecule has 0 bridgehead atoms. The molecule has 1 rings (SSSR count). The lowest BCUT2D eigenvalue weighted by molar-refractivity contribution is 0.0692. The maximum atomic E-state index is 13.6. The predicted octanol–water partition coefficient (Wildman–Crippen LogP) is 1.35. The SMILES string of the molecule is CC(CCO)CNc1nccc(C(=O)O)c1F. The van der Waals surface area contributed by atoms with E-state index in [1.54, 1.807) is 0 Å². The van der Waals surface area contributed by atoms with E-state index in [-0.39, 0.29) is 18.3 Å². The van der Waals surface area contributed by atoms with Crippen LogP contribution < -0.4 is 5.32 Å². The van der Waals surface area contributed by atoms with Gasteiger partial charge in [0.25, 0.3) is 0 Å². The molecule has 0 aliphatic carbocycles. The number of aromatic carboxylic acids is 1. The van der Waals surface area contributed by atoms with Gasteiger partial charge in [0.05, 0.1) is 0 Å². The van der Waals surface area contributed by atoms with Crippen molar-refractivity contribution < 1.29 is 19.4 Å². The highest BCUT2D eigenvalue weighted by atomic mass is 19.1.